The molecule has 12 nitrogen and oxygen atoms in total. The molecule has 4 rings (SSSR count). The van der Waals surface area contributed by atoms with Crippen LogP contribution < -0.4 is 16.8 Å². The number of carbonyl (C=O) groups excluding carboxylic acids is 3. The zero-order chi connectivity index (χ0) is 26.9. The third-order valence-corrected chi connectivity index (χ3v) is 6.49. The van der Waals surface area contributed by atoms with Crippen molar-refractivity contribution >= 4 is 45.9 Å². The van der Waals surface area contributed by atoms with Gasteiger partial charge in [-0.3, -0.25) is 29.2 Å². The maximum Gasteiger partial charge on any atom is 0.270 e. The molecular formula is C23H23ClFN7O5. The molecule has 1 aliphatic rings. The Morgan fingerprint density at radius 2 is 2.00 bits per heavy atom. The summed E-state index contributed by atoms with van der Waals surface area (Å²) in [6.07, 6.45) is 0.973. The van der Waals surface area contributed by atoms with Crippen LogP contribution in [0.15, 0.2) is 36.4 Å². The van der Waals surface area contributed by atoms with E-state index in [1.165, 1.54) is 33.8 Å². The van der Waals surface area contributed by atoms with Crippen molar-refractivity contribution in [3.8, 4) is 0 Å². The lowest BCUT2D eigenvalue weighted by atomic mass is 9.86. The van der Waals surface area contributed by atoms with Gasteiger partial charge in [0.1, 0.15) is 12.4 Å². The van der Waals surface area contributed by atoms with Crippen LogP contribution in [-0.2, 0) is 22.7 Å². The number of primary amides is 1. The monoisotopic (exact) mass is 531 g/mol. The summed E-state index contributed by atoms with van der Waals surface area (Å²) in [5.74, 6) is -2.56. The van der Waals surface area contributed by atoms with Crippen LogP contribution in [0, 0.1) is 15.9 Å². The molecule has 0 atom stereocenters. The number of benzene rings is 2. The number of aromatic nitrogens is 2. The molecule has 5 N–H and O–H groups in total. The molecule has 1 saturated carbocycles. The minimum absolute atomic E-state index is 0.0703. The Bertz CT molecular complexity index is 1410. The Balaban J connectivity index is 1.53. The average molecular weight is 532 g/mol. The van der Waals surface area contributed by atoms with E-state index in [4.69, 9.17) is 23.1 Å². The van der Waals surface area contributed by atoms with Crippen LogP contribution in [0.4, 0.5) is 10.1 Å². The number of nitro benzene ring substituents is 1. The zero-order valence-electron chi connectivity index (χ0n) is 19.4. The maximum atomic E-state index is 14.1. The molecule has 3 aromatic rings. The molecule has 1 aliphatic carbocycles. The number of nitrogens with one attached hydrogen (secondary N) is 1. The van der Waals surface area contributed by atoms with Crippen molar-refractivity contribution in [1.29, 1.82) is 0 Å². The molecule has 1 fully saturated rings. The first-order chi connectivity index (χ1) is 17.5. The Morgan fingerprint density at radius 1 is 1.27 bits per heavy atom. The fourth-order valence-electron chi connectivity index (χ4n) is 4.20. The number of carbonyl (C=O) groups is 3. The van der Waals surface area contributed by atoms with Gasteiger partial charge in [0.15, 0.2) is 5.69 Å². The average Bonchev–Trinajstić information content (AvgIpc) is 3.19. The normalized spacial score (nSPS) is 16.7. The van der Waals surface area contributed by atoms with E-state index in [2.05, 4.69) is 10.4 Å². The number of amides is 3. The number of hydrogen-bond donors (Lipinski definition) is 3. The second kappa shape index (κ2) is 10.5. The number of halogens is 2. The van der Waals surface area contributed by atoms with Gasteiger partial charge in [-0.15, -0.1) is 0 Å². The largest absolute Gasteiger partial charge is 0.364 e. The summed E-state index contributed by atoms with van der Waals surface area (Å²) in [6, 6.07) is 7.78. The molecule has 1 heterocycles. The summed E-state index contributed by atoms with van der Waals surface area (Å²) < 4.78 is 15.3. The number of hydrogen-bond acceptors (Lipinski definition) is 7. The topological polar surface area (TPSA) is 179 Å². The second-order valence-corrected chi connectivity index (χ2v) is 9.13. The summed E-state index contributed by atoms with van der Waals surface area (Å²) in [4.78, 5) is 49.7. The number of rotatable bonds is 9. The third kappa shape index (κ3) is 5.52. The van der Waals surface area contributed by atoms with Gasteiger partial charge in [-0.05, 0) is 25.0 Å². The highest BCUT2D eigenvalue weighted by atomic mass is 35.5. The Hall–Kier alpha value is -4.10. The smallest absolute Gasteiger partial charge is 0.270 e. The van der Waals surface area contributed by atoms with Gasteiger partial charge in [-0.2, -0.15) is 5.10 Å². The van der Waals surface area contributed by atoms with Gasteiger partial charge in [0.2, 0.25) is 11.8 Å². The van der Waals surface area contributed by atoms with E-state index in [9.17, 15) is 28.9 Å². The Labute approximate surface area is 214 Å². The molecule has 3 amide bonds. The van der Waals surface area contributed by atoms with Crippen LogP contribution in [0.5, 0.6) is 0 Å². The first kappa shape index (κ1) is 26.0. The van der Waals surface area contributed by atoms with E-state index in [0.717, 1.165) is 6.07 Å². The number of nitrogens with zero attached hydrogens (tertiary/aromatic N) is 4. The Morgan fingerprint density at radius 3 is 2.65 bits per heavy atom. The molecule has 2 aromatic carbocycles. The second-order valence-electron chi connectivity index (χ2n) is 8.73. The van der Waals surface area contributed by atoms with E-state index in [1.807, 2.05) is 0 Å². The van der Waals surface area contributed by atoms with Gasteiger partial charge >= 0.3 is 0 Å². The number of non-ortho nitro benzene ring substituents is 1. The molecule has 0 saturated heterocycles. The molecule has 0 spiro atoms. The lowest BCUT2D eigenvalue weighted by Gasteiger charge is -2.41. The summed E-state index contributed by atoms with van der Waals surface area (Å²) >= 11 is 5.78. The molecule has 0 bridgehead atoms. The van der Waals surface area contributed by atoms with Crippen molar-refractivity contribution in [2.45, 2.75) is 38.0 Å². The number of nitrogens with two attached hydrogens (primary N) is 2. The molecule has 14 heteroatoms. The van der Waals surface area contributed by atoms with Gasteiger partial charge in [0, 0.05) is 41.7 Å². The molecule has 1 aromatic heterocycles. The molecule has 194 valence electrons. The molecule has 0 unspecified atom stereocenters. The molecule has 0 aliphatic heterocycles. The summed E-state index contributed by atoms with van der Waals surface area (Å²) in [7, 11) is 0. The van der Waals surface area contributed by atoms with Gasteiger partial charge in [0.25, 0.3) is 11.6 Å². The highest BCUT2D eigenvalue weighted by Gasteiger charge is 2.35. The highest BCUT2D eigenvalue weighted by molar-refractivity contribution is 6.30. The van der Waals surface area contributed by atoms with Crippen molar-refractivity contribution in [1.82, 2.24) is 20.0 Å². The van der Waals surface area contributed by atoms with Gasteiger partial charge in [0.05, 0.1) is 22.0 Å². The van der Waals surface area contributed by atoms with Gasteiger partial charge in [-0.25, -0.2) is 4.39 Å². The van der Waals surface area contributed by atoms with Crippen LogP contribution in [0.3, 0.4) is 0 Å². The van der Waals surface area contributed by atoms with E-state index < -0.39 is 28.5 Å². The lowest BCUT2D eigenvalue weighted by Crippen LogP contribution is -2.55. The predicted molar refractivity (Wildman–Crippen MR) is 131 cm³/mol. The van der Waals surface area contributed by atoms with Crippen molar-refractivity contribution in [3.05, 3.63) is 68.6 Å². The Kier molecular flexibility index (Phi) is 7.36. The van der Waals surface area contributed by atoms with Crippen LogP contribution in [0.1, 0.15) is 28.9 Å². The highest BCUT2D eigenvalue weighted by Crippen LogP contribution is 2.27. The van der Waals surface area contributed by atoms with Crippen LogP contribution in [0.25, 0.3) is 10.9 Å². The SMILES string of the molecule is NC(=O)c1nn(CC(=O)N(CC(=O)NCc2cccc(Cl)c2F)C2CC(N)C2)c2ccc([N+](=O)[O-])cc12. The quantitative estimate of drug-likeness (QED) is 0.276. The summed E-state index contributed by atoms with van der Waals surface area (Å²) in [5, 5.41) is 17.9. The fourth-order valence-corrected chi connectivity index (χ4v) is 4.39. The minimum atomic E-state index is -0.911. The number of fused-ring (bicyclic) bond motifs is 1. The first-order valence-corrected chi connectivity index (χ1v) is 11.6. The molecule has 37 heavy (non-hydrogen) atoms. The third-order valence-electron chi connectivity index (χ3n) is 6.20. The first-order valence-electron chi connectivity index (χ1n) is 11.2. The zero-order valence-corrected chi connectivity index (χ0v) is 20.2. The predicted octanol–water partition coefficient (Wildman–Crippen LogP) is 1.47. The van der Waals surface area contributed by atoms with Crippen molar-refractivity contribution in [2.75, 3.05) is 6.54 Å². The summed E-state index contributed by atoms with van der Waals surface area (Å²) in [5.41, 5.74) is 11.3. The van der Waals surface area contributed by atoms with E-state index in [-0.39, 0.29) is 59.1 Å². The van der Waals surface area contributed by atoms with Crippen molar-refractivity contribution in [2.24, 2.45) is 11.5 Å². The standard InChI is InChI=1S/C23H23ClFN7O5/c24-17-3-1-2-12(21(17)25)9-28-19(33)10-30(15-6-13(26)7-15)20(34)11-31-18-5-4-14(32(36)37)8-16(18)22(29-31)23(27)35/h1-5,8,13,15H,6-7,9-11,26H2,(H2,27,35)(H,28,33). The molecule has 0 radical (unpaired) electrons. The van der Waals surface area contributed by atoms with Crippen LogP contribution in [0.2, 0.25) is 5.02 Å². The van der Waals surface area contributed by atoms with Crippen molar-refractivity contribution in [3.63, 3.8) is 0 Å². The van der Waals surface area contributed by atoms with E-state index >= 15 is 0 Å². The van der Waals surface area contributed by atoms with E-state index in [1.54, 1.807) is 6.07 Å². The van der Waals surface area contributed by atoms with Crippen LogP contribution in [-0.4, -0.2) is 56.0 Å². The minimum Gasteiger partial charge on any atom is -0.364 e. The van der Waals surface area contributed by atoms with Crippen LogP contribution >= 0.6 is 11.6 Å². The summed E-state index contributed by atoms with van der Waals surface area (Å²) in [6.45, 7) is -0.794. The number of nitro groups is 1. The van der Waals surface area contributed by atoms with Gasteiger partial charge in [-0.1, -0.05) is 23.7 Å². The fraction of sp³-hybridized carbons (Fsp3) is 0.304. The lowest BCUT2D eigenvalue weighted by molar-refractivity contribution is -0.384. The maximum absolute atomic E-state index is 14.1. The van der Waals surface area contributed by atoms with E-state index in [0.29, 0.717) is 18.4 Å². The van der Waals surface area contributed by atoms with Crippen molar-refractivity contribution < 1.29 is 23.7 Å². The molecular weight excluding hydrogens is 509 g/mol. The van der Waals surface area contributed by atoms with Gasteiger partial charge < -0.3 is 21.7 Å².